The molecule has 1 aromatic heterocycles. The van der Waals surface area contributed by atoms with Gasteiger partial charge in [0.25, 0.3) is 0 Å². The third-order valence-corrected chi connectivity index (χ3v) is 5.19. The van der Waals surface area contributed by atoms with E-state index in [1.165, 1.54) is 0 Å². The minimum atomic E-state index is 0.0265. The zero-order valence-electron chi connectivity index (χ0n) is 16.2. The number of anilines is 1. The number of hydrogen-bond donors (Lipinski definition) is 2. The molecule has 1 heterocycles. The SMILES string of the molecule is Cc1ccccc1NC(=S)N=Nc1c(O)n(Cc2cccc(Cl)c2)c2ccccc12. The van der Waals surface area contributed by atoms with Gasteiger partial charge in [0.1, 0.15) is 0 Å². The van der Waals surface area contributed by atoms with Crippen LogP contribution < -0.4 is 5.32 Å². The van der Waals surface area contributed by atoms with Crippen molar-refractivity contribution in [2.24, 2.45) is 10.2 Å². The molecule has 0 spiro atoms. The number of benzene rings is 3. The third kappa shape index (κ3) is 4.20. The molecule has 0 atom stereocenters. The maximum absolute atomic E-state index is 10.9. The van der Waals surface area contributed by atoms with Crippen molar-refractivity contribution >= 4 is 51.2 Å². The van der Waals surface area contributed by atoms with Crippen LogP contribution in [0.2, 0.25) is 5.02 Å². The van der Waals surface area contributed by atoms with E-state index in [4.69, 9.17) is 23.8 Å². The van der Waals surface area contributed by atoms with E-state index in [0.717, 1.165) is 27.7 Å². The Morgan fingerprint density at radius 1 is 1.07 bits per heavy atom. The van der Waals surface area contributed by atoms with Crippen LogP contribution in [-0.4, -0.2) is 14.8 Å². The fourth-order valence-electron chi connectivity index (χ4n) is 3.30. The number of hydrogen-bond acceptors (Lipinski definition) is 3. The lowest BCUT2D eigenvalue weighted by atomic mass is 10.2. The van der Waals surface area contributed by atoms with Gasteiger partial charge < -0.3 is 15.0 Å². The predicted molar refractivity (Wildman–Crippen MR) is 126 cm³/mol. The first kappa shape index (κ1) is 20.1. The zero-order valence-corrected chi connectivity index (χ0v) is 17.8. The summed E-state index contributed by atoms with van der Waals surface area (Å²) in [6.07, 6.45) is 0. The van der Waals surface area contributed by atoms with E-state index in [9.17, 15) is 5.11 Å². The molecule has 4 rings (SSSR count). The van der Waals surface area contributed by atoms with Gasteiger partial charge in [-0.15, -0.1) is 10.2 Å². The lowest BCUT2D eigenvalue weighted by Crippen LogP contribution is -2.06. The van der Waals surface area contributed by atoms with E-state index in [-0.39, 0.29) is 11.0 Å². The molecule has 0 bridgehead atoms. The Morgan fingerprint density at radius 2 is 1.83 bits per heavy atom. The number of halogens is 1. The first-order chi connectivity index (χ1) is 14.5. The van der Waals surface area contributed by atoms with E-state index >= 15 is 0 Å². The molecule has 0 saturated carbocycles. The highest BCUT2D eigenvalue weighted by Gasteiger charge is 2.17. The molecule has 0 amide bonds. The van der Waals surface area contributed by atoms with Crippen molar-refractivity contribution < 1.29 is 5.11 Å². The monoisotopic (exact) mass is 434 g/mol. The second kappa shape index (κ2) is 8.65. The van der Waals surface area contributed by atoms with Gasteiger partial charge in [0, 0.05) is 16.1 Å². The normalized spacial score (nSPS) is 11.3. The molecule has 7 heteroatoms. The standard InChI is InChI=1S/C23H19ClN4OS/c1-15-7-2-4-11-19(15)25-23(30)27-26-21-18-10-3-5-12-20(18)28(22(21)29)14-16-8-6-9-17(24)13-16/h2-13,29H,14H2,1H3,(H,25,30). The topological polar surface area (TPSA) is 61.9 Å². The molecule has 2 N–H and O–H groups in total. The Hall–Kier alpha value is -3.22. The molecule has 3 aromatic carbocycles. The van der Waals surface area contributed by atoms with Crippen LogP contribution in [0.3, 0.4) is 0 Å². The number of aromatic nitrogens is 1. The molecule has 5 nitrogen and oxygen atoms in total. The van der Waals surface area contributed by atoms with Gasteiger partial charge in [-0.2, -0.15) is 0 Å². The van der Waals surface area contributed by atoms with E-state index in [0.29, 0.717) is 17.3 Å². The smallest absolute Gasteiger partial charge is 0.221 e. The van der Waals surface area contributed by atoms with Gasteiger partial charge in [-0.25, -0.2) is 0 Å². The molecule has 0 unspecified atom stereocenters. The van der Waals surface area contributed by atoms with Gasteiger partial charge in [0.05, 0.1) is 12.1 Å². The minimum Gasteiger partial charge on any atom is -0.493 e. The molecule has 0 aliphatic rings. The van der Waals surface area contributed by atoms with Crippen LogP contribution in [0.1, 0.15) is 11.1 Å². The van der Waals surface area contributed by atoms with Crippen molar-refractivity contribution in [3.05, 3.63) is 88.9 Å². The maximum Gasteiger partial charge on any atom is 0.221 e. The van der Waals surface area contributed by atoms with Crippen LogP contribution in [0.15, 0.2) is 83.0 Å². The molecular formula is C23H19ClN4OS. The number of nitrogens with zero attached hydrogens (tertiary/aromatic N) is 3. The summed E-state index contributed by atoms with van der Waals surface area (Å²) < 4.78 is 1.78. The van der Waals surface area contributed by atoms with Crippen LogP contribution in [-0.2, 0) is 6.54 Å². The van der Waals surface area contributed by atoms with Gasteiger partial charge in [0.15, 0.2) is 5.69 Å². The van der Waals surface area contributed by atoms with E-state index in [1.807, 2.05) is 79.7 Å². The van der Waals surface area contributed by atoms with Gasteiger partial charge in [-0.05, 0) is 54.5 Å². The fraction of sp³-hybridized carbons (Fsp3) is 0.0870. The summed E-state index contributed by atoms with van der Waals surface area (Å²) >= 11 is 11.4. The first-order valence-corrected chi connectivity index (χ1v) is 10.1. The van der Waals surface area contributed by atoms with Gasteiger partial charge in [-0.1, -0.05) is 60.1 Å². The van der Waals surface area contributed by atoms with Crippen LogP contribution in [0.5, 0.6) is 5.88 Å². The number of aryl methyl sites for hydroxylation is 1. The molecule has 0 radical (unpaired) electrons. The summed E-state index contributed by atoms with van der Waals surface area (Å²) in [5.74, 6) is 0.0265. The van der Waals surface area contributed by atoms with Gasteiger partial charge >= 0.3 is 0 Å². The molecule has 30 heavy (non-hydrogen) atoms. The summed E-state index contributed by atoms with van der Waals surface area (Å²) in [7, 11) is 0. The Bertz CT molecular complexity index is 1270. The molecule has 0 fully saturated rings. The molecule has 0 aliphatic heterocycles. The van der Waals surface area contributed by atoms with Crippen molar-refractivity contribution in [3.8, 4) is 5.88 Å². The number of fused-ring (bicyclic) bond motifs is 1. The van der Waals surface area contributed by atoms with Crippen molar-refractivity contribution in [2.75, 3.05) is 5.32 Å². The van der Waals surface area contributed by atoms with Crippen LogP contribution in [0, 0.1) is 6.92 Å². The summed E-state index contributed by atoms with van der Waals surface area (Å²) in [6.45, 7) is 2.44. The molecule has 0 aliphatic carbocycles. The number of aromatic hydroxyl groups is 1. The zero-order chi connectivity index (χ0) is 21.1. The molecule has 4 aromatic rings. The average molecular weight is 435 g/mol. The molecular weight excluding hydrogens is 416 g/mol. The quantitative estimate of drug-likeness (QED) is 0.273. The minimum absolute atomic E-state index is 0.0265. The summed E-state index contributed by atoms with van der Waals surface area (Å²) in [4.78, 5) is 0. The van der Waals surface area contributed by atoms with Crippen molar-refractivity contribution in [3.63, 3.8) is 0 Å². The number of azo groups is 1. The summed E-state index contributed by atoms with van der Waals surface area (Å²) in [6, 6.07) is 23.0. The highest BCUT2D eigenvalue weighted by atomic mass is 35.5. The van der Waals surface area contributed by atoms with Gasteiger partial charge in [-0.3, -0.25) is 0 Å². The lowest BCUT2D eigenvalue weighted by Gasteiger charge is -2.07. The highest BCUT2D eigenvalue weighted by Crippen LogP contribution is 2.39. The second-order valence-electron chi connectivity index (χ2n) is 6.85. The second-order valence-corrected chi connectivity index (χ2v) is 7.67. The van der Waals surface area contributed by atoms with Crippen molar-refractivity contribution in [1.82, 2.24) is 4.57 Å². The van der Waals surface area contributed by atoms with Crippen molar-refractivity contribution in [2.45, 2.75) is 13.5 Å². The van der Waals surface area contributed by atoms with E-state index < -0.39 is 0 Å². The average Bonchev–Trinajstić information content (AvgIpc) is 2.99. The van der Waals surface area contributed by atoms with E-state index in [2.05, 4.69) is 15.5 Å². The van der Waals surface area contributed by atoms with Gasteiger partial charge in [0.2, 0.25) is 11.0 Å². The Morgan fingerprint density at radius 3 is 2.63 bits per heavy atom. The molecule has 150 valence electrons. The summed E-state index contributed by atoms with van der Waals surface area (Å²) in [5, 5.41) is 24.0. The largest absolute Gasteiger partial charge is 0.493 e. The summed E-state index contributed by atoms with van der Waals surface area (Å²) in [5.41, 5.74) is 4.12. The lowest BCUT2D eigenvalue weighted by molar-refractivity contribution is 0.429. The first-order valence-electron chi connectivity index (χ1n) is 9.36. The number of nitrogens with one attached hydrogen (secondary N) is 1. The van der Waals surface area contributed by atoms with Crippen molar-refractivity contribution in [1.29, 1.82) is 0 Å². The third-order valence-electron chi connectivity index (χ3n) is 4.77. The fourth-order valence-corrected chi connectivity index (χ4v) is 3.66. The maximum atomic E-state index is 10.9. The number of thiocarbonyl (C=S) groups is 1. The molecule has 0 saturated heterocycles. The number of rotatable bonds is 4. The van der Waals surface area contributed by atoms with E-state index in [1.54, 1.807) is 4.57 Å². The Labute approximate surface area is 184 Å². The number of para-hydroxylation sites is 2. The predicted octanol–water partition coefficient (Wildman–Crippen LogP) is 6.84. The Kier molecular flexibility index (Phi) is 5.79. The Balaban J connectivity index is 1.66. The van der Waals surface area contributed by atoms with Crippen LogP contribution >= 0.6 is 23.8 Å². The van der Waals surface area contributed by atoms with Crippen LogP contribution in [0.4, 0.5) is 11.4 Å². The highest BCUT2D eigenvalue weighted by molar-refractivity contribution is 7.80. The van der Waals surface area contributed by atoms with Crippen LogP contribution in [0.25, 0.3) is 10.9 Å².